The van der Waals surface area contributed by atoms with Crippen molar-refractivity contribution in [3.05, 3.63) is 18.0 Å². The fourth-order valence-corrected chi connectivity index (χ4v) is 1.29. The average Bonchev–Trinajstić information content (AvgIpc) is 2.69. The van der Waals surface area contributed by atoms with Crippen molar-refractivity contribution >= 4 is 5.91 Å². The quantitative estimate of drug-likeness (QED) is 0.726. The van der Waals surface area contributed by atoms with E-state index in [1.54, 1.807) is 17.3 Å². The van der Waals surface area contributed by atoms with Crippen molar-refractivity contribution in [1.82, 2.24) is 15.1 Å². The normalized spacial score (nSPS) is 10.1. The number of nitrogens with zero attached hydrogens (tertiary/aromatic N) is 2. The number of carbonyl (C=O) groups excluding carboxylic acids is 1. The number of amides is 1. The third-order valence-electron chi connectivity index (χ3n) is 2.19. The molecular formula is C10H17N3O. The van der Waals surface area contributed by atoms with Crippen molar-refractivity contribution in [2.24, 2.45) is 0 Å². The minimum Gasteiger partial charge on any atom is -0.342 e. The average molecular weight is 195 g/mol. The second-order valence-electron chi connectivity index (χ2n) is 3.42. The molecule has 1 heterocycles. The summed E-state index contributed by atoms with van der Waals surface area (Å²) in [6, 6.07) is 0. The first-order chi connectivity index (χ1) is 6.75. The summed E-state index contributed by atoms with van der Waals surface area (Å²) in [5.74, 6) is 0.0369. The third kappa shape index (κ3) is 2.87. The molecule has 0 aliphatic carbocycles. The highest BCUT2D eigenvalue weighted by molar-refractivity contribution is 5.93. The largest absolute Gasteiger partial charge is 0.342 e. The van der Waals surface area contributed by atoms with Gasteiger partial charge in [0, 0.05) is 19.8 Å². The molecule has 0 saturated heterocycles. The number of hydrogen-bond donors (Lipinski definition) is 1. The van der Waals surface area contributed by atoms with Crippen LogP contribution >= 0.6 is 0 Å². The summed E-state index contributed by atoms with van der Waals surface area (Å²) in [7, 11) is 1.82. The van der Waals surface area contributed by atoms with Gasteiger partial charge in [-0.1, -0.05) is 19.8 Å². The van der Waals surface area contributed by atoms with Crippen molar-refractivity contribution in [1.29, 1.82) is 0 Å². The van der Waals surface area contributed by atoms with Gasteiger partial charge >= 0.3 is 0 Å². The first-order valence-electron chi connectivity index (χ1n) is 5.00. The minimum atomic E-state index is 0.0369. The Kier molecular flexibility index (Phi) is 4.16. The van der Waals surface area contributed by atoms with Crippen LogP contribution in [0.4, 0.5) is 0 Å². The second-order valence-corrected chi connectivity index (χ2v) is 3.42. The number of nitrogens with one attached hydrogen (secondary N) is 1. The van der Waals surface area contributed by atoms with Gasteiger partial charge in [0.15, 0.2) is 0 Å². The lowest BCUT2D eigenvalue weighted by Crippen LogP contribution is -2.27. The van der Waals surface area contributed by atoms with E-state index in [1.807, 2.05) is 7.05 Å². The molecular weight excluding hydrogens is 178 g/mol. The van der Waals surface area contributed by atoms with E-state index in [0.717, 1.165) is 13.0 Å². The van der Waals surface area contributed by atoms with Gasteiger partial charge in [-0.3, -0.25) is 9.89 Å². The Morgan fingerprint density at radius 1 is 1.57 bits per heavy atom. The fourth-order valence-electron chi connectivity index (χ4n) is 1.29. The van der Waals surface area contributed by atoms with Crippen molar-refractivity contribution in [2.45, 2.75) is 26.2 Å². The van der Waals surface area contributed by atoms with Crippen LogP contribution in [0.5, 0.6) is 0 Å². The van der Waals surface area contributed by atoms with Gasteiger partial charge in [-0.25, -0.2) is 0 Å². The lowest BCUT2D eigenvalue weighted by Gasteiger charge is -2.15. The number of aromatic nitrogens is 2. The SMILES string of the molecule is CCCCCN(C)C(=O)c1cn[nH]c1. The van der Waals surface area contributed by atoms with Gasteiger partial charge in [0.2, 0.25) is 0 Å². The highest BCUT2D eigenvalue weighted by Gasteiger charge is 2.11. The number of hydrogen-bond acceptors (Lipinski definition) is 2. The molecule has 0 aliphatic rings. The summed E-state index contributed by atoms with van der Waals surface area (Å²) in [5.41, 5.74) is 0.629. The van der Waals surface area contributed by atoms with Crippen molar-refractivity contribution in [3.8, 4) is 0 Å². The summed E-state index contributed by atoms with van der Waals surface area (Å²) in [4.78, 5) is 13.4. The first kappa shape index (κ1) is 10.8. The monoisotopic (exact) mass is 195 g/mol. The van der Waals surface area contributed by atoms with Gasteiger partial charge in [0.05, 0.1) is 11.8 Å². The molecule has 1 aromatic heterocycles. The zero-order chi connectivity index (χ0) is 10.4. The zero-order valence-electron chi connectivity index (χ0n) is 8.79. The van der Waals surface area contributed by atoms with Crippen LogP contribution in [0.2, 0.25) is 0 Å². The molecule has 0 aromatic carbocycles. The number of unbranched alkanes of at least 4 members (excludes halogenated alkanes) is 2. The zero-order valence-corrected chi connectivity index (χ0v) is 8.79. The molecule has 1 amide bonds. The number of rotatable bonds is 5. The third-order valence-corrected chi connectivity index (χ3v) is 2.19. The molecule has 0 spiro atoms. The number of carbonyl (C=O) groups is 1. The molecule has 1 rings (SSSR count). The maximum atomic E-state index is 11.7. The van der Waals surface area contributed by atoms with Gasteiger partial charge in [-0.2, -0.15) is 5.10 Å². The van der Waals surface area contributed by atoms with Crippen LogP contribution in [-0.2, 0) is 0 Å². The molecule has 0 radical (unpaired) electrons. The molecule has 1 aromatic rings. The summed E-state index contributed by atoms with van der Waals surface area (Å²) >= 11 is 0. The van der Waals surface area contributed by atoms with Gasteiger partial charge in [0.25, 0.3) is 5.91 Å². The van der Waals surface area contributed by atoms with E-state index in [0.29, 0.717) is 5.56 Å². The molecule has 0 saturated carbocycles. The topological polar surface area (TPSA) is 49.0 Å². The van der Waals surface area contributed by atoms with E-state index in [2.05, 4.69) is 17.1 Å². The predicted molar refractivity (Wildman–Crippen MR) is 55.1 cm³/mol. The molecule has 0 atom stereocenters. The smallest absolute Gasteiger partial charge is 0.256 e. The Bertz CT molecular complexity index is 269. The molecule has 14 heavy (non-hydrogen) atoms. The molecule has 4 nitrogen and oxygen atoms in total. The van der Waals surface area contributed by atoms with Crippen LogP contribution in [0.1, 0.15) is 36.5 Å². The Labute approximate surface area is 84.3 Å². The van der Waals surface area contributed by atoms with Gasteiger partial charge in [-0.05, 0) is 6.42 Å². The maximum absolute atomic E-state index is 11.7. The molecule has 0 bridgehead atoms. The predicted octanol–water partition coefficient (Wildman–Crippen LogP) is 1.67. The fraction of sp³-hybridized carbons (Fsp3) is 0.600. The lowest BCUT2D eigenvalue weighted by molar-refractivity contribution is 0.0793. The lowest BCUT2D eigenvalue weighted by atomic mass is 10.2. The molecule has 0 fully saturated rings. The molecule has 0 aliphatic heterocycles. The van der Waals surface area contributed by atoms with Crippen LogP contribution in [0.25, 0.3) is 0 Å². The Balaban J connectivity index is 2.37. The highest BCUT2D eigenvalue weighted by Crippen LogP contribution is 2.02. The molecule has 4 heteroatoms. The van der Waals surface area contributed by atoms with Crippen LogP contribution in [0.3, 0.4) is 0 Å². The molecule has 1 N–H and O–H groups in total. The van der Waals surface area contributed by atoms with Crippen molar-refractivity contribution in [3.63, 3.8) is 0 Å². The summed E-state index contributed by atoms with van der Waals surface area (Å²) < 4.78 is 0. The Morgan fingerprint density at radius 2 is 2.36 bits per heavy atom. The van der Waals surface area contributed by atoms with E-state index in [4.69, 9.17) is 0 Å². The van der Waals surface area contributed by atoms with Gasteiger partial charge in [0.1, 0.15) is 0 Å². The molecule has 78 valence electrons. The minimum absolute atomic E-state index is 0.0369. The van der Waals surface area contributed by atoms with Gasteiger partial charge in [-0.15, -0.1) is 0 Å². The van der Waals surface area contributed by atoms with Gasteiger partial charge < -0.3 is 4.90 Å². The van der Waals surface area contributed by atoms with Crippen molar-refractivity contribution < 1.29 is 4.79 Å². The highest BCUT2D eigenvalue weighted by atomic mass is 16.2. The van der Waals surface area contributed by atoms with E-state index in [-0.39, 0.29) is 5.91 Å². The van der Waals surface area contributed by atoms with Crippen molar-refractivity contribution in [2.75, 3.05) is 13.6 Å². The Hall–Kier alpha value is -1.32. The van der Waals surface area contributed by atoms with Crippen LogP contribution in [0, 0.1) is 0 Å². The van der Waals surface area contributed by atoms with E-state index >= 15 is 0 Å². The standard InChI is InChI=1S/C10H17N3O/c1-3-4-5-6-13(2)10(14)9-7-11-12-8-9/h7-8H,3-6H2,1-2H3,(H,11,12). The van der Waals surface area contributed by atoms with Crippen LogP contribution in [0.15, 0.2) is 12.4 Å². The summed E-state index contributed by atoms with van der Waals surface area (Å²) in [5, 5.41) is 6.38. The molecule has 0 unspecified atom stereocenters. The summed E-state index contributed by atoms with van der Waals surface area (Å²) in [6.45, 7) is 2.97. The Morgan fingerprint density at radius 3 is 2.93 bits per heavy atom. The number of aromatic amines is 1. The first-order valence-corrected chi connectivity index (χ1v) is 5.00. The summed E-state index contributed by atoms with van der Waals surface area (Å²) in [6.07, 6.45) is 6.59. The van der Waals surface area contributed by atoms with E-state index in [9.17, 15) is 4.79 Å². The van der Waals surface area contributed by atoms with E-state index < -0.39 is 0 Å². The van der Waals surface area contributed by atoms with Crippen LogP contribution in [-0.4, -0.2) is 34.6 Å². The number of H-pyrrole nitrogens is 1. The van der Waals surface area contributed by atoms with E-state index in [1.165, 1.54) is 12.8 Å². The maximum Gasteiger partial charge on any atom is 0.256 e. The van der Waals surface area contributed by atoms with Crippen LogP contribution < -0.4 is 0 Å². The second kappa shape index (κ2) is 5.42.